The normalized spacial score (nSPS) is 14.0. The number of benzene rings is 2. The van der Waals surface area contributed by atoms with Crippen LogP contribution >= 0.6 is 11.6 Å². The predicted molar refractivity (Wildman–Crippen MR) is 130 cm³/mol. The molecule has 0 atom stereocenters. The second-order valence-electron chi connectivity index (χ2n) is 7.83. The summed E-state index contributed by atoms with van der Waals surface area (Å²) in [5.41, 5.74) is 2.58. The molecular weight excluding hydrogens is 438 g/mol. The number of rotatable bonds is 5. The number of carbonyl (C=O) groups is 1. The van der Waals surface area contributed by atoms with Crippen LogP contribution in [0.1, 0.15) is 17.3 Å². The second-order valence-corrected chi connectivity index (χ2v) is 8.27. The zero-order valence-electron chi connectivity index (χ0n) is 18.3. The van der Waals surface area contributed by atoms with Gasteiger partial charge in [0.25, 0.3) is 5.91 Å². The molecule has 0 spiro atoms. The minimum Gasteiger partial charge on any atom is -0.494 e. The first kappa shape index (κ1) is 21.3. The second kappa shape index (κ2) is 9.11. The number of piperazine rings is 1. The van der Waals surface area contributed by atoms with E-state index in [2.05, 4.69) is 27.0 Å². The van der Waals surface area contributed by atoms with Gasteiger partial charge in [0, 0.05) is 60.9 Å². The van der Waals surface area contributed by atoms with Gasteiger partial charge in [-0.05, 0) is 49.4 Å². The van der Waals surface area contributed by atoms with Crippen LogP contribution in [0.5, 0.6) is 5.75 Å². The summed E-state index contributed by atoms with van der Waals surface area (Å²) in [5.74, 6) is 1.38. The summed E-state index contributed by atoms with van der Waals surface area (Å²) >= 11 is 6.25. The Bertz CT molecular complexity index is 1270. The number of hydrogen-bond acceptors (Lipinski definition) is 5. The molecule has 1 amide bonds. The Hall–Kier alpha value is -3.58. The fourth-order valence-electron chi connectivity index (χ4n) is 4.21. The molecule has 168 valence electrons. The van der Waals surface area contributed by atoms with Crippen LogP contribution in [0.4, 0.5) is 5.69 Å². The van der Waals surface area contributed by atoms with Gasteiger partial charge in [-0.2, -0.15) is 0 Å². The lowest BCUT2D eigenvalue weighted by Crippen LogP contribution is -2.48. The topological polar surface area (TPSA) is 63.5 Å². The van der Waals surface area contributed by atoms with Gasteiger partial charge in [-0.3, -0.25) is 9.36 Å². The molecule has 0 bridgehead atoms. The molecule has 4 aromatic rings. The van der Waals surface area contributed by atoms with Crippen LogP contribution in [0, 0.1) is 0 Å². The van der Waals surface area contributed by atoms with Crippen molar-refractivity contribution in [1.29, 1.82) is 0 Å². The smallest absolute Gasteiger partial charge is 0.256 e. The Morgan fingerprint density at radius 3 is 2.45 bits per heavy atom. The molecular formula is C25H24ClN5O2. The van der Waals surface area contributed by atoms with Gasteiger partial charge in [-0.1, -0.05) is 17.7 Å². The lowest BCUT2D eigenvalue weighted by atomic mass is 10.1. The number of nitrogens with zero attached hydrogens (tertiary/aromatic N) is 5. The third-order valence-electron chi connectivity index (χ3n) is 5.85. The fourth-order valence-corrected chi connectivity index (χ4v) is 4.38. The summed E-state index contributed by atoms with van der Waals surface area (Å²) in [6.07, 6.45) is 5.18. The minimum atomic E-state index is 0.00310. The first-order chi connectivity index (χ1) is 16.1. The number of hydrogen-bond donors (Lipinski definition) is 0. The largest absolute Gasteiger partial charge is 0.494 e. The van der Waals surface area contributed by atoms with Gasteiger partial charge in [-0.15, -0.1) is 0 Å². The van der Waals surface area contributed by atoms with E-state index >= 15 is 0 Å². The Labute approximate surface area is 197 Å². The molecule has 1 saturated heterocycles. The van der Waals surface area contributed by atoms with Crippen molar-refractivity contribution in [2.45, 2.75) is 6.92 Å². The van der Waals surface area contributed by atoms with Crippen molar-refractivity contribution in [3.63, 3.8) is 0 Å². The van der Waals surface area contributed by atoms with Crippen LogP contribution in [-0.2, 0) is 0 Å². The van der Waals surface area contributed by atoms with Crippen LogP contribution in [0.15, 0.2) is 67.1 Å². The van der Waals surface area contributed by atoms with E-state index < -0.39 is 0 Å². The molecule has 7 nitrogen and oxygen atoms in total. The van der Waals surface area contributed by atoms with Crippen molar-refractivity contribution in [2.75, 3.05) is 37.7 Å². The Morgan fingerprint density at radius 2 is 1.76 bits per heavy atom. The number of anilines is 1. The summed E-state index contributed by atoms with van der Waals surface area (Å²) in [6.45, 7) is 5.46. The number of halogens is 1. The predicted octanol–water partition coefficient (Wildman–Crippen LogP) is 4.44. The minimum absolute atomic E-state index is 0.00310. The number of amides is 1. The first-order valence-corrected chi connectivity index (χ1v) is 11.4. The molecule has 0 radical (unpaired) electrons. The van der Waals surface area contributed by atoms with Crippen molar-refractivity contribution >= 4 is 34.1 Å². The summed E-state index contributed by atoms with van der Waals surface area (Å²) in [4.78, 5) is 26.4. The van der Waals surface area contributed by atoms with E-state index in [-0.39, 0.29) is 5.91 Å². The van der Waals surface area contributed by atoms with E-state index in [0.717, 1.165) is 35.4 Å². The molecule has 0 N–H and O–H groups in total. The molecule has 5 rings (SSSR count). The zero-order valence-corrected chi connectivity index (χ0v) is 19.1. The third kappa shape index (κ3) is 4.24. The summed E-state index contributed by atoms with van der Waals surface area (Å²) < 4.78 is 7.36. The molecule has 2 aromatic heterocycles. The fraction of sp³-hybridized carbons (Fsp3) is 0.240. The Morgan fingerprint density at radius 1 is 1.03 bits per heavy atom. The van der Waals surface area contributed by atoms with E-state index in [1.807, 2.05) is 46.9 Å². The number of ether oxygens (including phenoxy) is 1. The monoisotopic (exact) mass is 461 g/mol. The van der Waals surface area contributed by atoms with Gasteiger partial charge in [-0.25, -0.2) is 9.97 Å². The van der Waals surface area contributed by atoms with Gasteiger partial charge < -0.3 is 14.5 Å². The molecule has 33 heavy (non-hydrogen) atoms. The highest BCUT2D eigenvalue weighted by molar-refractivity contribution is 6.31. The van der Waals surface area contributed by atoms with Crippen LogP contribution in [0.2, 0.25) is 5.02 Å². The van der Waals surface area contributed by atoms with Crippen LogP contribution in [0.3, 0.4) is 0 Å². The molecule has 1 aliphatic heterocycles. The molecule has 3 heterocycles. The Kier molecular flexibility index (Phi) is 5.88. The maximum absolute atomic E-state index is 13.5. The van der Waals surface area contributed by atoms with Crippen LogP contribution < -0.4 is 9.64 Å². The molecule has 1 fully saturated rings. The van der Waals surface area contributed by atoms with E-state index in [1.54, 1.807) is 24.5 Å². The van der Waals surface area contributed by atoms with Crippen molar-refractivity contribution in [3.8, 4) is 11.7 Å². The van der Waals surface area contributed by atoms with E-state index in [1.165, 1.54) is 0 Å². The van der Waals surface area contributed by atoms with Gasteiger partial charge in [0.15, 0.2) is 0 Å². The number of aromatic nitrogens is 3. The first-order valence-electron chi connectivity index (χ1n) is 11.0. The summed E-state index contributed by atoms with van der Waals surface area (Å²) in [7, 11) is 0. The van der Waals surface area contributed by atoms with Gasteiger partial charge in [0.2, 0.25) is 5.95 Å². The quantitative estimate of drug-likeness (QED) is 0.440. The average Bonchev–Trinajstić information content (AvgIpc) is 3.23. The third-order valence-corrected chi connectivity index (χ3v) is 6.08. The molecule has 0 saturated carbocycles. The lowest BCUT2D eigenvalue weighted by Gasteiger charge is -2.36. The SMILES string of the molecule is CCOc1ccc(N2CCN(C(=O)c3cn(-c4ncccn4)c4cc(Cl)ccc34)CC2)cc1. The molecule has 0 aliphatic carbocycles. The number of fused-ring (bicyclic) bond motifs is 1. The van der Waals surface area contributed by atoms with Gasteiger partial charge in [0.05, 0.1) is 17.7 Å². The van der Waals surface area contributed by atoms with Gasteiger partial charge >= 0.3 is 0 Å². The average molecular weight is 462 g/mol. The maximum atomic E-state index is 13.5. The van der Waals surface area contributed by atoms with E-state index in [4.69, 9.17) is 16.3 Å². The van der Waals surface area contributed by atoms with Gasteiger partial charge in [0.1, 0.15) is 5.75 Å². The molecule has 1 aliphatic rings. The van der Waals surface area contributed by atoms with Crippen molar-refractivity contribution in [2.24, 2.45) is 0 Å². The molecule has 0 unspecified atom stereocenters. The van der Waals surface area contributed by atoms with Crippen molar-refractivity contribution in [3.05, 3.63) is 77.7 Å². The van der Waals surface area contributed by atoms with Crippen LogP contribution in [-0.4, -0.2) is 58.1 Å². The van der Waals surface area contributed by atoms with Crippen molar-refractivity contribution in [1.82, 2.24) is 19.4 Å². The van der Waals surface area contributed by atoms with Crippen LogP contribution in [0.25, 0.3) is 16.9 Å². The highest BCUT2D eigenvalue weighted by Gasteiger charge is 2.26. The molecule has 8 heteroatoms. The highest BCUT2D eigenvalue weighted by atomic mass is 35.5. The highest BCUT2D eigenvalue weighted by Crippen LogP contribution is 2.28. The van der Waals surface area contributed by atoms with E-state index in [9.17, 15) is 4.79 Å². The Balaban J connectivity index is 1.37. The maximum Gasteiger partial charge on any atom is 0.256 e. The lowest BCUT2D eigenvalue weighted by molar-refractivity contribution is 0.0748. The molecule has 2 aromatic carbocycles. The van der Waals surface area contributed by atoms with Crippen molar-refractivity contribution < 1.29 is 9.53 Å². The number of carbonyl (C=O) groups excluding carboxylic acids is 1. The zero-order chi connectivity index (χ0) is 22.8. The summed E-state index contributed by atoms with van der Waals surface area (Å²) in [5, 5.41) is 1.44. The standard InChI is InChI=1S/C25H24ClN5O2/c1-2-33-20-7-5-19(6-8-20)29-12-14-30(15-13-29)24(32)22-17-31(25-27-10-3-11-28-25)23-16-18(26)4-9-21(22)23/h3-11,16-17H,2,12-15H2,1H3. The van der Waals surface area contributed by atoms with E-state index in [0.29, 0.717) is 36.2 Å². The summed E-state index contributed by atoms with van der Waals surface area (Å²) in [6, 6.07) is 15.4.